The average molecular weight is 735 g/mol. The molecule has 5 rings (SSSR count). The van der Waals surface area contributed by atoms with E-state index in [4.69, 9.17) is 4.74 Å². The van der Waals surface area contributed by atoms with Gasteiger partial charge in [0.25, 0.3) is 5.95 Å². The highest BCUT2D eigenvalue weighted by Gasteiger charge is 2.41. The molecule has 1 aliphatic carbocycles. The molecular formula is C34H39F9N6O2. The van der Waals surface area contributed by atoms with Crippen molar-refractivity contribution >= 4 is 17.6 Å². The Morgan fingerprint density at radius 2 is 1.49 bits per heavy atom. The van der Waals surface area contributed by atoms with Crippen molar-refractivity contribution in [3.8, 4) is 0 Å². The predicted molar refractivity (Wildman–Crippen MR) is 169 cm³/mol. The number of methoxy groups -OCH3 is 1. The number of tetrazole rings is 1. The quantitative estimate of drug-likeness (QED) is 0.170. The van der Waals surface area contributed by atoms with E-state index in [0.717, 1.165) is 30.5 Å². The molecule has 1 fully saturated rings. The van der Waals surface area contributed by atoms with Gasteiger partial charge in [0.15, 0.2) is 0 Å². The van der Waals surface area contributed by atoms with Crippen LogP contribution < -0.4 is 9.80 Å². The molecule has 1 aromatic heterocycles. The van der Waals surface area contributed by atoms with E-state index in [9.17, 15) is 44.3 Å². The van der Waals surface area contributed by atoms with Gasteiger partial charge in [0, 0.05) is 31.7 Å². The highest BCUT2D eigenvalue weighted by atomic mass is 19.4. The van der Waals surface area contributed by atoms with Crippen molar-refractivity contribution < 1.29 is 49.0 Å². The molecule has 51 heavy (non-hydrogen) atoms. The molecule has 2 aromatic carbocycles. The summed E-state index contributed by atoms with van der Waals surface area (Å²) in [5.74, 6) is -0.134. The van der Waals surface area contributed by atoms with Crippen LogP contribution in [0.5, 0.6) is 0 Å². The lowest BCUT2D eigenvalue weighted by atomic mass is 9.80. The fraction of sp³-hybridized carbons (Fsp3) is 0.588. The number of aromatic nitrogens is 4. The Balaban J connectivity index is 1.59. The number of hydrogen-bond acceptors (Lipinski definition) is 7. The van der Waals surface area contributed by atoms with Gasteiger partial charge in [-0.05, 0) is 110 Å². The van der Waals surface area contributed by atoms with E-state index in [2.05, 4.69) is 15.4 Å². The molecular weight excluding hydrogens is 695 g/mol. The first-order chi connectivity index (χ1) is 23.8. The number of alkyl halides is 9. The number of ether oxygens (including phenoxy) is 1. The lowest BCUT2D eigenvalue weighted by Gasteiger charge is -2.37. The third kappa shape index (κ3) is 8.71. The van der Waals surface area contributed by atoms with Gasteiger partial charge in [0.2, 0.25) is 0 Å². The van der Waals surface area contributed by atoms with E-state index in [0.29, 0.717) is 49.3 Å². The molecule has 2 aliphatic rings. The molecule has 17 heteroatoms. The first-order valence-electron chi connectivity index (χ1n) is 16.6. The maximum absolute atomic E-state index is 14.5. The fourth-order valence-electron chi connectivity index (χ4n) is 7.63. The second-order valence-corrected chi connectivity index (χ2v) is 13.5. The second-order valence-electron chi connectivity index (χ2n) is 13.5. The molecule has 0 spiro atoms. The van der Waals surface area contributed by atoms with Gasteiger partial charge in [-0.1, -0.05) is 11.2 Å². The van der Waals surface area contributed by atoms with Crippen LogP contribution in [0, 0.1) is 25.7 Å². The van der Waals surface area contributed by atoms with Gasteiger partial charge in [-0.3, -0.25) is 4.79 Å². The van der Waals surface area contributed by atoms with E-state index in [1.807, 2.05) is 4.90 Å². The van der Waals surface area contributed by atoms with Crippen molar-refractivity contribution in [2.75, 3.05) is 30.0 Å². The fourth-order valence-corrected chi connectivity index (χ4v) is 7.63. The minimum absolute atomic E-state index is 0.0192. The number of aryl methyl sites for hydroxylation is 2. The van der Waals surface area contributed by atoms with Crippen molar-refractivity contribution in [1.29, 1.82) is 0 Å². The lowest BCUT2D eigenvalue weighted by Crippen LogP contribution is -2.34. The maximum atomic E-state index is 14.5. The Kier molecular flexibility index (Phi) is 10.9. The number of benzene rings is 2. The van der Waals surface area contributed by atoms with Gasteiger partial charge in [0.1, 0.15) is 0 Å². The normalized spacial score (nSPS) is 20.2. The van der Waals surface area contributed by atoms with Crippen LogP contribution in [0.1, 0.15) is 89.9 Å². The summed E-state index contributed by atoms with van der Waals surface area (Å²) in [6, 6.07) is 1.87. The average Bonchev–Trinajstić information content (AvgIpc) is 3.38. The van der Waals surface area contributed by atoms with Crippen molar-refractivity contribution in [2.45, 2.75) is 89.9 Å². The summed E-state index contributed by atoms with van der Waals surface area (Å²) in [4.78, 5) is 16.3. The summed E-state index contributed by atoms with van der Waals surface area (Å²) in [5.41, 5.74) is -3.45. The number of fused-ring (bicyclic) bond motifs is 1. The zero-order valence-electron chi connectivity index (χ0n) is 28.5. The number of halogens is 9. The van der Waals surface area contributed by atoms with E-state index in [-0.39, 0.29) is 52.9 Å². The lowest BCUT2D eigenvalue weighted by molar-refractivity contribution is -0.144. The molecule has 1 saturated carbocycles. The molecule has 280 valence electrons. The van der Waals surface area contributed by atoms with Crippen LogP contribution in [-0.4, -0.2) is 46.4 Å². The SMILES string of the molecule is COC(=O)CC1CCC(CN2CCC[C@H](N(Cc3cc(C(F)(F)F)cc(C(F)(F)F)c3)c3nnn(C)n3)c3cc(C)c(C(F)(F)F)c(C)c32)CC1. The Labute approximate surface area is 288 Å². The summed E-state index contributed by atoms with van der Waals surface area (Å²) in [7, 11) is 2.77. The van der Waals surface area contributed by atoms with Crippen LogP contribution >= 0.6 is 0 Å². The van der Waals surface area contributed by atoms with Gasteiger partial charge in [-0.2, -0.15) is 44.3 Å². The number of hydrogen-bond donors (Lipinski definition) is 0. The molecule has 0 bridgehead atoms. The van der Waals surface area contributed by atoms with Gasteiger partial charge < -0.3 is 14.5 Å². The molecule has 0 amide bonds. The van der Waals surface area contributed by atoms with Gasteiger partial charge >= 0.3 is 24.5 Å². The highest BCUT2D eigenvalue weighted by Crippen LogP contribution is 2.47. The number of carbonyl (C=O) groups is 1. The van der Waals surface area contributed by atoms with Crippen LogP contribution in [0.2, 0.25) is 0 Å². The third-order valence-electron chi connectivity index (χ3n) is 9.89. The molecule has 0 radical (unpaired) electrons. The molecule has 0 N–H and O–H groups in total. The third-order valence-corrected chi connectivity index (χ3v) is 9.89. The zero-order valence-corrected chi connectivity index (χ0v) is 28.5. The monoisotopic (exact) mass is 734 g/mol. The van der Waals surface area contributed by atoms with Crippen molar-refractivity contribution in [3.05, 3.63) is 63.2 Å². The maximum Gasteiger partial charge on any atom is 0.416 e. The summed E-state index contributed by atoms with van der Waals surface area (Å²) in [5, 5.41) is 12.1. The molecule has 0 saturated heterocycles. The number of rotatable bonds is 8. The van der Waals surface area contributed by atoms with Crippen LogP contribution in [0.25, 0.3) is 0 Å². The number of carbonyl (C=O) groups excluding carboxylic acids is 1. The topological polar surface area (TPSA) is 76.4 Å². The Morgan fingerprint density at radius 3 is 2.02 bits per heavy atom. The Morgan fingerprint density at radius 1 is 0.882 bits per heavy atom. The largest absolute Gasteiger partial charge is 0.469 e. The summed E-state index contributed by atoms with van der Waals surface area (Å²) in [6.45, 7) is 2.99. The van der Waals surface area contributed by atoms with Crippen molar-refractivity contribution in [1.82, 2.24) is 20.2 Å². The molecule has 8 nitrogen and oxygen atoms in total. The Hall–Kier alpha value is -4.05. The molecule has 3 aromatic rings. The van der Waals surface area contributed by atoms with E-state index in [1.165, 1.54) is 39.0 Å². The van der Waals surface area contributed by atoms with Crippen LogP contribution in [0.15, 0.2) is 24.3 Å². The van der Waals surface area contributed by atoms with Crippen molar-refractivity contribution in [2.24, 2.45) is 18.9 Å². The van der Waals surface area contributed by atoms with E-state index >= 15 is 0 Å². The molecule has 1 atom stereocenters. The minimum atomic E-state index is -5.08. The molecule has 0 unspecified atom stereocenters. The molecule has 2 heterocycles. The summed E-state index contributed by atoms with van der Waals surface area (Å²) >= 11 is 0. The van der Waals surface area contributed by atoms with Gasteiger partial charge in [-0.25, -0.2) is 0 Å². The number of anilines is 2. The van der Waals surface area contributed by atoms with Gasteiger partial charge in [-0.15, -0.1) is 5.10 Å². The summed E-state index contributed by atoms with van der Waals surface area (Å²) in [6.07, 6.45) is -10.8. The first-order valence-corrected chi connectivity index (χ1v) is 16.6. The standard InChI is InChI=1S/C34H39F9N6O2/c1-19-12-26-27(49(31-44-46-47(3)45-31)18-23-13-24(32(35,36)37)16-25(14-23)33(38,39)40)6-5-11-48(30(26)20(2)29(19)34(41,42)43)17-22-9-7-21(8-10-22)15-28(50)51-4/h12-14,16,21-22,27H,5-11,15,17-18H2,1-4H3/t21?,22?,27-/m0/s1. The highest BCUT2D eigenvalue weighted by molar-refractivity contribution is 5.69. The van der Waals surface area contributed by atoms with E-state index < -0.39 is 47.8 Å². The second kappa shape index (κ2) is 14.5. The first kappa shape index (κ1) is 38.2. The number of esters is 1. The van der Waals surface area contributed by atoms with Crippen LogP contribution in [0.4, 0.5) is 51.1 Å². The Bertz CT molecular complexity index is 1680. The van der Waals surface area contributed by atoms with E-state index in [1.54, 1.807) is 0 Å². The van der Waals surface area contributed by atoms with Crippen LogP contribution in [-0.2, 0) is 41.7 Å². The smallest absolute Gasteiger partial charge is 0.416 e. The number of nitrogens with zero attached hydrogens (tertiary/aromatic N) is 6. The van der Waals surface area contributed by atoms with Crippen molar-refractivity contribution in [3.63, 3.8) is 0 Å². The minimum Gasteiger partial charge on any atom is -0.469 e. The summed E-state index contributed by atoms with van der Waals surface area (Å²) < 4.78 is 131. The zero-order chi connectivity index (χ0) is 37.5. The predicted octanol–water partition coefficient (Wildman–Crippen LogP) is 8.60. The van der Waals surface area contributed by atoms with Crippen LogP contribution in [0.3, 0.4) is 0 Å². The van der Waals surface area contributed by atoms with Gasteiger partial charge in [0.05, 0.1) is 36.9 Å². The molecule has 1 aliphatic heterocycles.